The predicted molar refractivity (Wildman–Crippen MR) is 93.2 cm³/mol. The Bertz CT molecular complexity index is 582. The zero-order chi connectivity index (χ0) is 16.8. The van der Waals surface area contributed by atoms with Crippen LogP contribution in [0.25, 0.3) is 0 Å². The Kier molecular flexibility index (Phi) is 7.81. The molecule has 8 heteroatoms. The van der Waals surface area contributed by atoms with Crippen molar-refractivity contribution in [1.82, 2.24) is 15.5 Å². The molecule has 0 unspecified atom stereocenters. The highest BCUT2D eigenvalue weighted by Crippen LogP contribution is 2.28. The first-order valence-electron chi connectivity index (χ1n) is 7.60. The van der Waals surface area contributed by atoms with Crippen molar-refractivity contribution in [2.75, 3.05) is 40.4 Å². The zero-order valence-corrected chi connectivity index (χ0v) is 14.9. The van der Waals surface area contributed by atoms with Gasteiger partial charge in [-0.2, -0.15) is 0 Å². The zero-order valence-electron chi connectivity index (χ0n) is 14.1. The minimum atomic E-state index is -0.234. The van der Waals surface area contributed by atoms with Crippen molar-refractivity contribution in [3.63, 3.8) is 0 Å². The molecule has 1 heterocycles. The summed E-state index contributed by atoms with van der Waals surface area (Å²) in [6, 6.07) is 5.14. The maximum absolute atomic E-state index is 12.6. The normalized spacial score (nSPS) is 16.8. The van der Waals surface area contributed by atoms with Gasteiger partial charge in [-0.1, -0.05) is 0 Å². The lowest BCUT2D eigenvalue weighted by atomic mass is 10.1. The van der Waals surface area contributed by atoms with Crippen molar-refractivity contribution in [2.24, 2.45) is 0 Å². The van der Waals surface area contributed by atoms with Crippen LogP contribution in [0.1, 0.15) is 17.3 Å². The molecule has 0 aliphatic carbocycles. The maximum atomic E-state index is 12.6. The van der Waals surface area contributed by atoms with Crippen LogP contribution in [0.5, 0.6) is 11.5 Å². The van der Waals surface area contributed by atoms with E-state index in [2.05, 4.69) is 10.6 Å². The molecule has 24 heavy (non-hydrogen) atoms. The molecule has 0 spiro atoms. The van der Waals surface area contributed by atoms with Crippen molar-refractivity contribution in [1.29, 1.82) is 0 Å². The van der Waals surface area contributed by atoms with Crippen molar-refractivity contribution < 1.29 is 19.1 Å². The number of hydrogen-bond acceptors (Lipinski definition) is 5. The molecule has 7 nitrogen and oxygen atoms in total. The molecule has 0 radical (unpaired) electrons. The lowest BCUT2D eigenvalue weighted by molar-refractivity contribution is -0.122. The number of likely N-dealkylation sites (N-methyl/N-ethyl adjacent to an activating group) is 1. The average molecular weight is 358 g/mol. The van der Waals surface area contributed by atoms with E-state index in [-0.39, 0.29) is 36.9 Å². The maximum Gasteiger partial charge on any atom is 0.257 e. The summed E-state index contributed by atoms with van der Waals surface area (Å²) in [5.74, 6) is 0.598. The number of rotatable bonds is 5. The van der Waals surface area contributed by atoms with E-state index in [0.717, 1.165) is 13.1 Å². The summed E-state index contributed by atoms with van der Waals surface area (Å²) in [6.07, 6.45) is 0. The van der Waals surface area contributed by atoms with E-state index >= 15 is 0 Å². The summed E-state index contributed by atoms with van der Waals surface area (Å²) in [4.78, 5) is 25.7. The van der Waals surface area contributed by atoms with E-state index in [4.69, 9.17) is 9.47 Å². The van der Waals surface area contributed by atoms with Crippen LogP contribution in [-0.2, 0) is 4.79 Å². The molecule has 1 aromatic carbocycles. The Hall–Kier alpha value is -1.99. The Morgan fingerprint density at radius 3 is 2.75 bits per heavy atom. The summed E-state index contributed by atoms with van der Waals surface area (Å²) in [5, 5.41) is 5.74. The van der Waals surface area contributed by atoms with Crippen LogP contribution in [0.4, 0.5) is 0 Å². The fourth-order valence-corrected chi connectivity index (χ4v) is 2.44. The Balaban J connectivity index is 0.00000288. The second-order valence-electron chi connectivity index (χ2n) is 5.38. The summed E-state index contributed by atoms with van der Waals surface area (Å²) in [5.41, 5.74) is 0.544. The molecule has 0 bridgehead atoms. The molecule has 2 rings (SSSR count). The Morgan fingerprint density at radius 1 is 1.38 bits per heavy atom. The number of methoxy groups -OCH3 is 1. The lowest BCUT2D eigenvalue weighted by Crippen LogP contribution is -2.52. The molecule has 134 valence electrons. The van der Waals surface area contributed by atoms with Gasteiger partial charge < -0.3 is 25.0 Å². The van der Waals surface area contributed by atoms with Gasteiger partial charge in [0.05, 0.1) is 7.11 Å². The first-order valence-corrected chi connectivity index (χ1v) is 7.60. The van der Waals surface area contributed by atoms with Crippen LogP contribution >= 0.6 is 12.4 Å². The van der Waals surface area contributed by atoms with Crippen molar-refractivity contribution in [3.8, 4) is 11.5 Å². The number of carbonyl (C=O) groups is 2. The number of benzene rings is 1. The number of nitrogens with zero attached hydrogens (tertiary/aromatic N) is 1. The van der Waals surface area contributed by atoms with E-state index in [1.54, 1.807) is 25.2 Å². The molecule has 1 aliphatic heterocycles. The number of piperazine rings is 1. The lowest BCUT2D eigenvalue weighted by Gasteiger charge is -2.34. The number of nitrogens with one attached hydrogen (secondary N) is 2. The fraction of sp³-hybridized carbons (Fsp3) is 0.500. The van der Waals surface area contributed by atoms with Gasteiger partial charge in [0, 0.05) is 38.3 Å². The van der Waals surface area contributed by atoms with Gasteiger partial charge in [0.1, 0.15) is 0 Å². The van der Waals surface area contributed by atoms with Crippen LogP contribution in [0.15, 0.2) is 18.2 Å². The summed E-state index contributed by atoms with van der Waals surface area (Å²) in [7, 11) is 3.04. The molecule has 1 aromatic rings. The van der Waals surface area contributed by atoms with E-state index < -0.39 is 0 Å². The third-order valence-electron chi connectivity index (χ3n) is 3.81. The third kappa shape index (κ3) is 4.75. The number of amides is 2. The minimum Gasteiger partial charge on any atom is -0.493 e. The molecule has 1 aliphatic rings. The summed E-state index contributed by atoms with van der Waals surface area (Å²) >= 11 is 0. The molecule has 2 amide bonds. The first-order chi connectivity index (χ1) is 11.1. The molecular weight excluding hydrogens is 334 g/mol. The van der Waals surface area contributed by atoms with Gasteiger partial charge in [-0.05, 0) is 25.1 Å². The van der Waals surface area contributed by atoms with Crippen LogP contribution in [0, 0.1) is 0 Å². The van der Waals surface area contributed by atoms with Crippen LogP contribution in [0.2, 0.25) is 0 Å². The number of ether oxygens (including phenoxy) is 2. The van der Waals surface area contributed by atoms with Gasteiger partial charge in [0.15, 0.2) is 18.1 Å². The largest absolute Gasteiger partial charge is 0.493 e. The molecule has 0 aromatic heterocycles. The van der Waals surface area contributed by atoms with Crippen molar-refractivity contribution in [3.05, 3.63) is 23.8 Å². The standard InChI is InChI=1S/C16H23N3O4.ClH/c1-11-9-18-6-7-19(11)16(21)12-4-5-13(14(8-12)22-3)23-10-15(20)17-2;/h4-5,8,11,18H,6-7,9-10H2,1-3H3,(H,17,20);1H/t11-;/m1./s1. The topological polar surface area (TPSA) is 79.9 Å². The van der Waals surface area contributed by atoms with Gasteiger partial charge in [0.2, 0.25) is 0 Å². The number of halogens is 1. The van der Waals surface area contributed by atoms with Crippen LogP contribution < -0.4 is 20.1 Å². The smallest absolute Gasteiger partial charge is 0.257 e. The Labute approximate surface area is 148 Å². The molecule has 1 atom stereocenters. The van der Waals surface area contributed by atoms with Gasteiger partial charge in [0.25, 0.3) is 11.8 Å². The van der Waals surface area contributed by atoms with E-state index in [9.17, 15) is 9.59 Å². The molecule has 0 saturated carbocycles. The predicted octanol–water partition coefficient (Wildman–Crippen LogP) is 0.676. The second kappa shape index (κ2) is 9.34. The average Bonchev–Trinajstić information content (AvgIpc) is 2.59. The molecule has 2 N–H and O–H groups in total. The van der Waals surface area contributed by atoms with E-state index in [1.807, 2.05) is 11.8 Å². The monoisotopic (exact) mass is 357 g/mol. The SMILES string of the molecule is CNC(=O)COc1ccc(C(=O)N2CCNC[C@H]2C)cc1OC.Cl. The van der Waals surface area contributed by atoms with Gasteiger partial charge in [-0.25, -0.2) is 0 Å². The summed E-state index contributed by atoms with van der Waals surface area (Å²) in [6.45, 7) is 4.17. The molecule has 1 saturated heterocycles. The first kappa shape index (κ1) is 20.1. The van der Waals surface area contributed by atoms with Crippen molar-refractivity contribution >= 4 is 24.2 Å². The highest BCUT2D eigenvalue weighted by molar-refractivity contribution is 5.95. The highest BCUT2D eigenvalue weighted by Gasteiger charge is 2.24. The Morgan fingerprint density at radius 2 is 2.12 bits per heavy atom. The number of carbonyl (C=O) groups excluding carboxylic acids is 2. The van der Waals surface area contributed by atoms with Gasteiger partial charge >= 0.3 is 0 Å². The quantitative estimate of drug-likeness (QED) is 0.810. The number of hydrogen-bond donors (Lipinski definition) is 2. The molecule has 1 fully saturated rings. The molecular formula is C16H24ClN3O4. The van der Waals surface area contributed by atoms with E-state index in [1.165, 1.54) is 7.11 Å². The third-order valence-corrected chi connectivity index (χ3v) is 3.81. The summed E-state index contributed by atoms with van der Waals surface area (Å²) < 4.78 is 10.7. The van der Waals surface area contributed by atoms with Crippen molar-refractivity contribution in [2.45, 2.75) is 13.0 Å². The van der Waals surface area contributed by atoms with Crippen LogP contribution in [-0.4, -0.2) is 63.2 Å². The van der Waals surface area contributed by atoms with Crippen LogP contribution in [0.3, 0.4) is 0 Å². The van der Waals surface area contributed by atoms with Gasteiger partial charge in [-0.15, -0.1) is 12.4 Å². The minimum absolute atomic E-state index is 0. The van der Waals surface area contributed by atoms with E-state index in [0.29, 0.717) is 23.6 Å². The second-order valence-corrected chi connectivity index (χ2v) is 5.38. The highest BCUT2D eigenvalue weighted by atomic mass is 35.5. The van der Waals surface area contributed by atoms with Gasteiger partial charge in [-0.3, -0.25) is 9.59 Å². The fourth-order valence-electron chi connectivity index (χ4n) is 2.44.